The van der Waals surface area contributed by atoms with Crippen LogP contribution < -0.4 is 5.48 Å². The van der Waals surface area contributed by atoms with Crippen LogP contribution in [0.3, 0.4) is 0 Å². The van der Waals surface area contributed by atoms with Crippen LogP contribution in [0.15, 0.2) is 0 Å². The normalized spacial score (nSPS) is 18.9. The summed E-state index contributed by atoms with van der Waals surface area (Å²) in [5.74, 6) is -0.857. The second-order valence-electron chi connectivity index (χ2n) is 5.91. The van der Waals surface area contributed by atoms with Gasteiger partial charge >= 0.3 is 5.97 Å². The number of aliphatic carboxylic acids is 1. The van der Waals surface area contributed by atoms with Crippen molar-refractivity contribution < 1.29 is 19.5 Å². The second kappa shape index (κ2) is 7.48. The zero-order chi connectivity index (χ0) is 14.3. The molecule has 1 saturated carbocycles. The number of hydrogen-bond donors (Lipinski definition) is 2. The maximum atomic E-state index is 11.8. The first kappa shape index (κ1) is 16.0. The summed E-state index contributed by atoms with van der Waals surface area (Å²) in [6, 6.07) is 0. The van der Waals surface area contributed by atoms with E-state index in [-0.39, 0.29) is 12.3 Å². The van der Waals surface area contributed by atoms with E-state index in [1.807, 2.05) is 13.8 Å². The quantitative estimate of drug-likeness (QED) is 0.575. The zero-order valence-electron chi connectivity index (χ0n) is 11.9. The number of amides is 1. The van der Waals surface area contributed by atoms with Crippen LogP contribution in [0.1, 0.15) is 58.8 Å². The maximum Gasteiger partial charge on any atom is 0.310 e. The fraction of sp³-hybridized carbons (Fsp3) is 0.857. The Morgan fingerprint density at radius 1 is 1.21 bits per heavy atom. The van der Waals surface area contributed by atoms with Crippen molar-refractivity contribution in [2.45, 2.75) is 58.8 Å². The fourth-order valence-corrected chi connectivity index (χ4v) is 2.50. The number of carboxylic acid groups (broad SMARTS) is 1. The van der Waals surface area contributed by atoms with Gasteiger partial charge in [-0.05, 0) is 18.8 Å². The van der Waals surface area contributed by atoms with Gasteiger partial charge in [0, 0.05) is 6.42 Å². The highest BCUT2D eigenvalue weighted by molar-refractivity contribution is 5.84. The Bertz CT molecular complexity index is 307. The molecule has 0 unspecified atom stereocenters. The summed E-state index contributed by atoms with van der Waals surface area (Å²) < 4.78 is 0. The number of carbonyl (C=O) groups excluding carboxylic acids is 1. The molecule has 0 aromatic carbocycles. The predicted octanol–water partition coefficient (Wildman–Crippen LogP) is 2.51. The van der Waals surface area contributed by atoms with Gasteiger partial charge in [-0.25, -0.2) is 5.48 Å². The van der Waals surface area contributed by atoms with Crippen molar-refractivity contribution in [1.29, 1.82) is 0 Å². The molecule has 5 heteroatoms. The first-order chi connectivity index (χ1) is 8.96. The molecule has 0 aliphatic heterocycles. The minimum Gasteiger partial charge on any atom is -0.481 e. The third kappa shape index (κ3) is 5.19. The predicted molar refractivity (Wildman–Crippen MR) is 71.3 cm³/mol. The van der Waals surface area contributed by atoms with E-state index < -0.39 is 11.4 Å². The third-order valence-electron chi connectivity index (χ3n) is 3.62. The summed E-state index contributed by atoms with van der Waals surface area (Å²) in [7, 11) is 0. The molecule has 0 radical (unpaired) electrons. The van der Waals surface area contributed by atoms with Crippen molar-refractivity contribution >= 4 is 11.9 Å². The van der Waals surface area contributed by atoms with Gasteiger partial charge in [0.2, 0.25) is 5.91 Å². The third-order valence-corrected chi connectivity index (χ3v) is 3.62. The molecular weight excluding hydrogens is 246 g/mol. The van der Waals surface area contributed by atoms with Crippen LogP contribution >= 0.6 is 0 Å². The molecule has 19 heavy (non-hydrogen) atoms. The van der Waals surface area contributed by atoms with Gasteiger partial charge in [0.25, 0.3) is 0 Å². The number of hydrogen-bond acceptors (Lipinski definition) is 3. The highest BCUT2D eigenvalue weighted by Gasteiger charge is 2.40. The van der Waals surface area contributed by atoms with E-state index in [2.05, 4.69) is 5.48 Å². The number of rotatable bonds is 6. The van der Waals surface area contributed by atoms with Gasteiger partial charge in [-0.1, -0.05) is 39.5 Å². The van der Waals surface area contributed by atoms with Gasteiger partial charge in [-0.2, -0.15) is 0 Å². The van der Waals surface area contributed by atoms with Crippen LogP contribution in [0.25, 0.3) is 0 Å². The van der Waals surface area contributed by atoms with Gasteiger partial charge in [0.15, 0.2) is 0 Å². The highest BCUT2D eigenvalue weighted by atomic mass is 16.6. The molecule has 2 N–H and O–H groups in total. The number of hydroxylamine groups is 1. The van der Waals surface area contributed by atoms with E-state index in [0.717, 1.165) is 25.7 Å². The van der Waals surface area contributed by atoms with Crippen LogP contribution in [0, 0.1) is 11.3 Å². The van der Waals surface area contributed by atoms with E-state index in [9.17, 15) is 14.7 Å². The van der Waals surface area contributed by atoms with Crippen molar-refractivity contribution in [3.05, 3.63) is 0 Å². The van der Waals surface area contributed by atoms with Crippen molar-refractivity contribution in [2.75, 3.05) is 6.61 Å². The number of carbonyl (C=O) groups is 2. The van der Waals surface area contributed by atoms with E-state index in [1.54, 1.807) is 0 Å². The Morgan fingerprint density at radius 2 is 1.79 bits per heavy atom. The van der Waals surface area contributed by atoms with Crippen molar-refractivity contribution in [3.8, 4) is 0 Å². The van der Waals surface area contributed by atoms with Gasteiger partial charge in [0.05, 0.1) is 12.0 Å². The molecule has 5 nitrogen and oxygen atoms in total. The van der Waals surface area contributed by atoms with Crippen molar-refractivity contribution in [1.82, 2.24) is 5.48 Å². The molecule has 1 rings (SSSR count). The van der Waals surface area contributed by atoms with E-state index >= 15 is 0 Å². The fourth-order valence-electron chi connectivity index (χ4n) is 2.50. The average Bonchev–Trinajstić information content (AvgIpc) is 2.55. The van der Waals surface area contributed by atoms with E-state index in [0.29, 0.717) is 25.4 Å². The summed E-state index contributed by atoms with van der Waals surface area (Å²) in [4.78, 5) is 28.4. The lowest BCUT2D eigenvalue weighted by atomic mass is 9.77. The molecule has 0 spiro atoms. The Hall–Kier alpha value is -1.10. The Labute approximate surface area is 114 Å². The van der Waals surface area contributed by atoms with Crippen LogP contribution in [0.4, 0.5) is 0 Å². The van der Waals surface area contributed by atoms with Crippen LogP contribution in [0.5, 0.6) is 0 Å². The summed E-state index contributed by atoms with van der Waals surface area (Å²) in [6.45, 7) is 4.40. The molecule has 0 bridgehead atoms. The summed E-state index contributed by atoms with van der Waals surface area (Å²) in [5.41, 5.74) is 1.46. The van der Waals surface area contributed by atoms with Gasteiger partial charge in [-0.3, -0.25) is 14.4 Å². The Morgan fingerprint density at radius 3 is 2.26 bits per heavy atom. The molecule has 0 aromatic rings. The highest BCUT2D eigenvalue weighted by Crippen LogP contribution is 2.38. The Kier molecular flexibility index (Phi) is 6.28. The molecule has 0 atom stereocenters. The van der Waals surface area contributed by atoms with E-state index in [1.165, 1.54) is 0 Å². The molecule has 0 aromatic heterocycles. The standard InChI is InChI=1S/C14H25NO4/c1-11(2)10-19-15-12(16)9-14(13(17)18)7-5-3-4-6-8-14/h11H,3-10H2,1-2H3,(H,15,16)(H,17,18). The van der Waals surface area contributed by atoms with E-state index in [4.69, 9.17) is 4.84 Å². The number of carboxylic acids is 1. The summed E-state index contributed by atoms with van der Waals surface area (Å²) in [6.07, 6.45) is 5.06. The van der Waals surface area contributed by atoms with Gasteiger partial charge in [-0.15, -0.1) is 0 Å². The van der Waals surface area contributed by atoms with Crippen molar-refractivity contribution in [2.24, 2.45) is 11.3 Å². The molecule has 0 saturated heterocycles. The van der Waals surface area contributed by atoms with Crippen LogP contribution in [-0.2, 0) is 14.4 Å². The second-order valence-corrected chi connectivity index (χ2v) is 5.91. The molecule has 0 heterocycles. The van der Waals surface area contributed by atoms with Gasteiger partial charge in [0.1, 0.15) is 0 Å². The first-order valence-corrected chi connectivity index (χ1v) is 7.10. The molecule has 1 aliphatic carbocycles. The van der Waals surface area contributed by atoms with Crippen LogP contribution in [-0.4, -0.2) is 23.6 Å². The monoisotopic (exact) mass is 271 g/mol. The minimum atomic E-state index is -0.901. The largest absolute Gasteiger partial charge is 0.481 e. The average molecular weight is 271 g/mol. The lowest BCUT2D eigenvalue weighted by Crippen LogP contribution is -2.37. The van der Waals surface area contributed by atoms with Gasteiger partial charge < -0.3 is 5.11 Å². The lowest BCUT2D eigenvalue weighted by molar-refractivity contribution is -0.155. The van der Waals surface area contributed by atoms with Crippen LogP contribution in [0.2, 0.25) is 0 Å². The molecule has 1 fully saturated rings. The molecular formula is C14H25NO4. The molecule has 1 aliphatic rings. The lowest BCUT2D eigenvalue weighted by Gasteiger charge is -2.27. The Balaban J connectivity index is 2.52. The topological polar surface area (TPSA) is 75.6 Å². The molecule has 110 valence electrons. The number of nitrogens with one attached hydrogen (secondary N) is 1. The summed E-state index contributed by atoms with van der Waals surface area (Å²) in [5, 5.41) is 9.46. The maximum absolute atomic E-state index is 11.8. The molecule has 1 amide bonds. The summed E-state index contributed by atoms with van der Waals surface area (Å²) >= 11 is 0. The minimum absolute atomic E-state index is 0.0143. The van der Waals surface area contributed by atoms with Crippen molar-refractivity contribution in [3.63, 3.8) is 0 Å². The SMILES string of the molecule is CC(C)CONC(=O)CC1(C(=O)O)CCCCCC1. The first-order valence-electron chi connectivity index (χ1n) is 7.10. The zero-order valence-corrected chi connectivity index (χ0v) is 11.9. The smallest absolute Gasteiger partial charge is 0.310 e.